The zero-order chi connectivity index (χ0) is 16.9. The molecule has 0 spiro atoms. The number of carbonyl (C=O) groups is 1. The van der Waals surface area contributed by atoms with Crippen LogP contribution in [-0.4, -0.2) is 37.0 Å². The molecule has 0 unspecified atom stereocenters. The fraction of sp³-hybridized carbons (Fsp3) is 0.263. The van der Waals surface area contributed by atoms with Crippen LogP contribution in [0.25, 0.3) is 11.1 Å². The maximum atomic E-state index is 13.5. The molecular weight excluding hydrogens is 305 g/mol. The smallest absolute Gasteiger partial charge is 0.253 e. The SMILES string of the molecule is N#Cc1cc(-c2cccc(C(=O)N3CCCNCC3)c2)ccc1F. The number of benzene rings is 2. The van der Waals surface area contributed by atoms with E-state index in [4.69, 9.17) is 5.26 Å². The summed E-state index contributed by atoms with van der Waals surface area (Å²) in [6, 6.07) is 13.5. The Labute approximate surface area is 140 Å². The molecule has 2 aromatic carbocycles. The van der Waals surface area contributed by atoms with Crippen molar-refractivity contribution < 1.29 is 9.18 Å². The van der Waals surface area contributed by atoms with Crippen LogP contribution in [0.1, 0.15) is 22.3 Å². The molecule has 122 valence electrons. The molecule has 0 saturated carbocycles. The molecule has 3 rings (SSSR count). The number of rotatable bonds is 2. The van der Waals surface area contributed by atoms with E-state index < -0.39 is 5.82 Å². The number of nitrogens with one attached hydrogen (secondary N) is 1. The molecule has 2 aromatic rings. The number of nitrogens with zero attached hydrogens (tertiary/aromatic N) is 2. The topological polar surface area (TPSA) is 56.1 Å². The molecule has 5 heteroatoms. The lowest BCUT2D eigenvalue weighted by molar-refractivity contribution is 0.0766. The normalized spacial score (nSPS) is 14.8. The average Bonchev–Trinajstić information content (AvgIpc) is 2.91. The molecule has 1 fully saturated rings. The van der Waals surface area contributed by atoms with Gasteiger partial charge in [0.05, 0.1) is 5.56 Å². The molecule has 1 heterocycles. The van der Waals surface area contributed by atoms with E-state index in [2.05, 4.69) is 5.32 Å². The summed E-state index contributed by atoms with van der Waals surface area (Å²) in [6.45, 7) is 3.16. The predicted octanol–water partition coefficient (Wildman–Crippen LogP) is 2.80. The van der Waals surface area contributed by atoms with Gasteiger partial charge in [-0.2, -0.15) is 5.26 Å². The lowest BCUT2D eigenvalue weighted by atomic mass is 10.0. The minimum Gasteiger partial charge on any atom is -0.337 e. The maximum Gasteiger partial charge on any atom is 0.253 e. The van der Waals surface area contributed by atoms with Crippen LogP contribution in [0.4, 0.5) is 4.39 Å². The summed E-state index contributed by atoms with van der Waals surface area (Å²) >= 11 is 0. The van der Waals surface area contributed by atoms with Crippen molar-refractivity contribution in [2.24, 2.45) is 0 Å². The summed E-state index contributed by atoms with van der Waals surface area (Å²) in [4.78, 5) is 14.6. The Morgan fingerprint density at radius 1 is 1.12 bits per heavy atom. The van der Waals surface area contributed by atoms with Gasteiger partial charge >= 0.3 is 0 Å². The van der Waals surface area contributed by atoms with Gasteiger partial charge in [-0.25, -0.2) is 4.39 Å². The van der Waals surface area contributed by atoms with Crippen LogP contribution in [0.2, 0.25) is 0 Å². The van der Waals surface area contributed by atoms with Gasteiger partial charge < -0.3 is 10.2 Å². The van der Waals surface area contributed by atoms with E-state index in [1.54, 1.807) is 18.2 Å². The molecule has 1 saturated heterocycles. The Morgan fingerprint density at radius 3 is 2.79 bits per heavy atom. The van der Waals surface area contributed by atoms with Crippen LogP contribution >= 0.6 is 0 Å². The summed E-state index contributed by atoms with van der Waals surface area (Å²) in [5, 5.41) is 12.3. The second-order valence-corrected chi connectivity index (χ2v) is 5.78. The zero-order valence-electron chi connectivity index (χ0n) is 13.3. The molecule has 0 aliphatic carbocycles. The Balaban J connectivity index is 1.89. The number of halogens is 1. The molecule has 0 atom stereocenters. The van der Waals surface area contributed by atoms with Crippen LogP contribution < -0.4 is 5.32 Å². The first-order valence-electron chi connectivity index (χ1n) is 7.99. The first kappa shape index (κ1) is 16.2. The van der Waals surface area contributed by atoms with Crippen molar-refractivity contribution in [3.8, 4) is 17.2 Å². The Kier molecular flexibility index (Phi) is 4.88. The van der Waals surface area contributed by atoms with E-state index in [0.29, 0.717) is 12.1 Å². The van der Waals surface area contributed by atoms with Gasteiger partial charge in [-0.3, -0.25) is 4.79 Å². The number of nitriles is 1. The van der Waals surface area contributed by atoms with Crippen LogP contribution in [0, 0.1) is 17.1 Å². The van der Waals surface area contributed by atoms with E-state index in [0.717, 1.165) is 37.2 Å². The first-order valence-corrected chi connectivity index (χ1v) is 7.99. The Bertz CT molecular complexity index is 789. The highest BCUT2D eigenvalue weighted by Crippen LogP contribution is 2.23. The molecule has 0 bridgehead atoms. The van der Waals surface area contributed by atoms with Gasteiger partial charge in [-0.15, -0.1) is 0 Å². The van der Waals surface area contributed by atoms with Gasteiger partial charge in [0, 0.05) is 25.2 Å². The van der Waals surface area contributed by atoms with Crippen molar-refractivity contribution in [1.29, 1.82) is 5.26 Å². The lowest BCUT2D eigenvalue weighted by Crippen LogP contribution is -2.34. The zero-order valence-corrected chi connectivity index (χ0v) is 13.3. The van der Waals surface area contributed by atoms with Gasteiger partial charge in [0.25, 0.3) is 5.91 Å². The molecule has 24 heavy (non-hydrogen) atoms. The van der Waals surface area contributed by atoms with Gasteiger partial charge in [0.2, 0.25) is 0 Å². The summed E-state index contributed by atoms with van der Waals surface area (Å²) < 4.78 is 13.5. The molecule has 0 radical (unpaired) electrons. The van der Waals surface area contributed by atoms with Gasteiger partial charge in [-0.1, -0.05) is 18.2 Å². The summed E-state index contributed by atoms with van der Waals surface area (Å²) in [5.41, 5.74) is 2.13. The highest BCUT2D eigenvalue weighted by molar-refractivity contribution is 5.95. The van der Waals surface area contributed by atoms with Crippen molar-refractivity contribution in [3.05, 3.63) is 59.4 Å². The Morgan fingerprint density at radius 2 is 1.96 bits per heavy atom. The van der Waals surface area contributed by atoms with Crippen molar-refractivity contribution in [2.45, 2.75) is 6.42 Å². The monoisotopic (exact) mass is 323 g/mol. The van der Waals surface area contributed by atoms with Crippen molar-refractivity contribution in [1.82, 2.24) is 10.2 Å². The third kappa shape index (κ3) is 3.44. The fourth-order valence-corrected chi connectivity index (χ4v) is 2.85. The molecule has 0 aromatic heterocycles. The number of amides is 1. The molecule has 1 aliphatic heterocycles. The standard InChI is InChI=1S/C19H18FN3O/c20-18-6-5-15(12-17(18)13-21)14-3-1-4-16(11-14)19(24)23-9-2-7-22-8-10-23/h1,3-6,11-12,22H,2,7-10H2. The number of hydrogen-bond acceptors (Lipinski definition) is 3. The number of carbonyl (C=O) groups excluding carboxylic acids is 1. The van der Waals surface area contributed by atoms with E-state index >= 15 is 0 Å². The van der Waals surface area contributed by atoms with E-state index in [1.807, 2.05) is 23.1 Å². The highest BCUT2D eigenvalue weighted by atomic mass is 19.1. The largest absolute Gasteiger partial charge is 0.337 e. The second-order valence-electron chi connectivity index (χ2n) is 5.78. The molecule has 1 aliphatic rings. The van der Waals surface area contributed by atoms with Gasteiger partial charge in [-0.05, 0) is 48.4 Å². The summed E-state index contributed by atoms with van der Waals surface area (Å²) in [6.07, 6.45) is 0.939. The van der Waals surface area contributed by atoms with Crippen LogP contribution in [0.5, 0.6) is 0 Å². The molecule has 1 amide bonds. The van der Waals surface area contributed by atoms with Gasteiger partial charge in [0.1, 0.15) is 11.9 Å². The Hall–Kier alpha value is -2.71. The van der Waals surface area contributed by atoms with Gasteiger partial charge in [0.15, 0.2) is 0 Å². The minimum atomic E-state index is -0.537. The van der Waals surface area contributed by atoms with Crippen LogP contribution in [0.15, 0.2) is 42.5 Å². The summed E-state index contributed by atoms with van der Waals surface area (Å²) in [7, 11) is 0. The molecule has 4 nitrogen and oxygen atoms in total. The van der Waals surface area contributed by atoms with E-state index in [-0.39, 0.29) is 11.5 Å². The highest BCUT2D eigenvalue weighted by Gasteiger charge is 2.17. The maximum absolute atomic E-state index is 13.5. The van der Waals surface area contributed by atoms with E-state index in [9.17, 15) is 9.18 Å². The summed E-state index contributed by atoms with van der Waals surface area (Å²) in [5.74, 6) is -0.534. The van der Waals surface area contributed by atoms with Crippen LogP contribution in [-0.2, 0) is 0 Å². The third-order valence-electron chi connectivity index (χ3n) is 4.16. The predicted molar refractivity (Wildman–Crippen MR) is 89.9 cm³/mol. The minimum absolute atomic E-state index is 0.00261. The molecule has 1 N–H and O–H groups in total. The van der Waals surface area contributed by atoms with E-state index in [1.165, 1.54) is 12.1 Å². The van der Waals surface area contributed by atoms with Crippen molar-refractivity contribution in [2.75, 3.05) is 26.2 Å². The third-order valence-corrected chi connectivity index (χ3v) is 4.16. The average molecular weight is 323 g/mol. The fourth-order valence-electron chi connectivity index (χ4n) is 2.85. The van der Waals surface area contributed by atoms with Crippen LogP contribution in [0.3, 0.4) is 0 Å². The van der Waals surface area contributed by atoms with Crippen molar-refractivity contribution in [3.63, 3.8) is 0 Å². The number of hydrogen-bond donors (Lipinski definition) is 1. The quantitative estimate of drug-likeness (QED) is 0.924. The van der Waals surface area contributed by atoms with Crippen molar-refractivity contribution >= 4 is 5.91 Å². The molecular formula is C19H18FN3O. The second kappa shape index (κ2) is 7.24. The first-order chi connectivity index (χ1) is 11.7. The lowest BCUT2D eigenvalue weighted by Gasteiger charge is -2.20.